The van der Waals surface area contributed by atoms with E-state index in [2.05, 4.69) is 30.9 Å². The van der Waals surface area contributed by atoms with Crippen LogP contribution >= 0.6 is 0 Å². The molecule has 0 unspecified atom stereocenters. The predicted molar refractivity (Wildman–Crippen MR) is 86.2 cm³/mol. The quantitative estimate of drug-likeness (QED) is 0.873. The fraction of sp³-hybridized carbons (Fsp3) is 0.389. The van der Waals surface area contributed by atoms with Crippen LogP contribution in [0.25, 0.3) is 0 Å². The van der Waals surface area contributed by atoms with E-state index in [4.69, 9.17) is 4.42 Å². The molecule has 1 aliphatic heterocycles. The van der Waals surface area contributed by atoms with Crippen LogP contribution in [0.5, 0.6) is 0 Å². The summed E-state index contributed by atoms with van der Waals surface area (Å²) in [6.07, 6.45) is 1.54. The summed E-state index contributed by atoms with van der Waals surface area (Å²) in [5.74, 6) is 0.897. The molecule has 0 spiro atoms. The molecule has 0 atom stereocenters. The first-order valence-corrected chi connectivity index (χ1v) is 7.74. The fourth-order valence-corrected chi connectivity index (χ4v) is 2.72. The van der Waals surface area contributed by atoms with E-state index in [0.717, 1.165) is 13.1 Å². The molecule has 3 rings (SSSR count). The summed E-state index contributed by atoms with van der Waals surface area (Å²) in [6.45, 7) is 7.47. The Morgan fingerprint density at radius 1 is 1.23 bits per heavy atom. The third kappa shape index (κ3) is 3.01. The molecule has 4 heteroatoms. The molecular formula is C18H21N2O2. The summed E-state index contributed by atoms with van der Waals surface area (Å²) < 4.78 is 5.19. The van der Waals surface area contributed by atoms with E-state index in [1.165, 1.54) is 17.5 Å². The van der Waals surface area contributed by atoms with Gasteiger partial charge in [-0.15, -0.1) is 0 Å². The first-order chi connectivity index (χ1) is 10.6. The molecule has 1 aromatic carbocycles. The van der Waals surface area contributed by atoms with Crippen molar-refractivity contribution >= 4 is 11.6 Å². The van der Waals surface area contributed by atoms with Crippen LogP contribution in [0.2, 0.25) is 0 Å². The Bertz CT molecular complexity index is 626. The van der Waals surface area contributed by atoms with Gasteiger partial charge in [0.25, 0.3) is 5.91 Å². The third-order valence-corrected chi connectivity index (χ3v) is 4.13. The van der Waals surface area contributed by atoms with Gasteiger partial charge in [-0.2, -0.15) is 0 Å². The number of rotatable bonds is 3. The Morgan fingerprint density at radius 2 is 2.00 bits per heavy atom. The van der Waals surface area contributed by atoms with Gasteiger partial charge in [-0.3, -0.25) is 4.79 Å². The SMILES string of the molecule is CC(C)c1c[c]cc(N2CCN(C(=O)c3ccco3)CC2)c1. The number of carbonyl (C=O) groups excluding carboxylic acids is 1. The van der Waals surface area contributed by atoms with E-state index in [-0.39, 0.29) is 5.91 Å². The van der Waals surface area contributed by atoms with Gasteiger partial charge in [0.2, 0.25) is 0 Å². The fourth-order valence-electron chi connectivity index (χ4n) is 2.72. The van der Waals surface area contributed by atoms with Gasteiger partial charge < -0.3 is 14.2 Å². The molecule has 0 saturated carbocycles. The van der Waals surface area contributed by atoms with Crippen molar-refractivity contribution in [3.63, 3.8) is 0 Å². The summed E-state index contributed by atoms with van der Waals surface area (Å²) in [6, 6.07) is 13.0. The standard InChI is InChI=1S/C18H21N2O2/c1-14(2)15-5-3-6-16(13-15)19-8-10-20(11-9-19)18(21)17-7-4-12-22-17/h4-7,12-14H,8-11H2,1-2H3. The number of amides is 1. The second-order valence-corrected chi connectivity index (χ2v) is 5.94. The van der Waals surface area contributed by atoms with Crippen LogP contribution in [0.4, 0.5) is 5.69 Å². The average Bonchev–Trinajstić information content (AvgIpc) is 3.09. The van der Waals surface area contributed by atoms with Crippen LogP contribution in [0.1, 0.15) is 35.9 Å². The number of anilines is 1. The molecule has 1 fully saturated rings. The number of hydrogen-bond acceptors (Lipinski definition) is 3. The third-order valence-electron chi connectivity index (χ3n) is 4.13. The van der Waals surface area contributed by atoms with Gasteiger partial charge in [0, 0.05) is 31.9 Å². The lowest BCUT2D eigenvalue weighted by molar-refractivity contribution is 0.0714. The van der Waals surface area contributed by atoms with Crippen LogP contribution in [0.15, 0.2) is 41.0 Å². The highest BCUT2D eigenvalue weighted by atomic mass is 16.3. The predicted octanol–water partition coefficient (Wildman–Crippen LogP) is 3.17. The largest absolute Gasteiger partial charge is 0.459 e. The molecule has 1 aliphatic rings. The van der Waals surface area contributed by atoms with Crippen molar-refractivity contribution in [1.82, 2.24) is 4.90 Å². The Morgan fingerprint density at radius 3 is 2.64 bits per heavy atom. The number of hydrogen-bond donors (Lipinski definition) is 0. The van der Waals surface area contributed by atoms with Gasteiger partial charge in [0.15, 0.2) is 5.76 Å². The van der Waals surface area contributed by atoms with Crippen molar-refractivity contribution in [3.8, 4) is 0 Å². The van der Waals surface area contributed by atoms with E-state index in [1.807, 2.05) is 17.0 Å². The van der Waals surface area contributed by atoms with Crippen molar-refractivity contribution in [2.45, 2.75) is 19.8 Å². The molecule has 0 bridgehead atoms. The van der Waals surface area contributed by atoms with E-state index >= 15 is 0 Å². The smallest absolute Gasteiger partial charge is 0.289 e. The Hall–Kier alpha value is -2.23. The maximum atomic E-state index is 12.3. The van der Waals surface area contributed by atoms with Crippen molar-refractivity contribution in [3.05, 3.63) is 54.0 Å². The van der Waals surface area contributed by atoms with Gasteiger partial charge >= 0.3 is 0 Å². The number of nitrogens with zero attached hydrogens (tertiary/aromatic N) is 2. The zero-order valence-electron chi connectivity index (χ0n) is 13.1. The minimum absolute atomic E-state index is 0.0212. The molecule has 115 valence electrons. The summed E-state index contributed by atoms with van der Waals surface area (Å²) in [5, 5.41) is 0. The lowest BCUT2D eigenvalue weighted by atomic mass is 10.0. The monoisotopic (exact) mass is 297 g/mol. The average molecular weight is 297 g/mol. The van der Waals surface area contributed by atoms with E-state index in [0.29, 0.717) is 24.8 Å². The zero-order valence-corrected chi connectivity index (χ0v) is 13.1. The molecule has 1 saturated heterocycles. The zero-order chi connectivity index (χ0) is 15.5. The number of benzene rings is 1. The number of carbonyl (C=O) groups is 1. The summed E-state index contributed by atoms with van der Waals surface area (Å²) in [7, 11) is 0. The molecule has 1 amide bonds. The summed E-state index contributed by atoms with van der Waals surface area (Å²) in [4.78, 5) is 16.4. The Labute approximate surface area is 131 Å². The molecule has 1 radical (unpaired) electrons. The van der Waals surface area contributed by atoms with Crippen LogP contribution in [-0.4, -0.2) is 37.0 Å². The Kier molecular flexibility index (Phi) is 4.18. The highest BCUT2D eigenvalue weighted by Gasteiger charge is 2.23. The molecule has 0 aliphatic carbocycles. The second-order valence-electron chi connectivity index (χ2n) is 5.94. The highest BCUT2D eigenvalue weighted by Crippen LogP contribution is 2.22. The van der Waals surface area contributed by atoms with Crippen LogP contribution in [0.3, 0.4) is 0 Å². The van der Waals surface area contributed by atoms with Crippen molar-refractivity contribution in [2.75, 3.05) is 31.1 Å². The number of furan rings is 1. The van der Waals surface area contributed by atoms with Crippen LogP contribution < -0.4 is 4.90 Å². The summed E-state index contributed by atoms with van der Waals surface area (Å²) in [5.41, 5.74) is 2.49. The van der Waals surface area contributed by atoms with Gasteiger partial charge in [-0.05, 0) is 41.8 Å². The second kappa shape index (κ2) is 6.26. The molecular weight excluding hydrogens is 276 g/mol. The molecule has 2 heterocycles. The van der Waals surface area contributed by atoms with Gasteiger partial charge in [-0.1, -0.05) is 19.9 Å². The molecule has 0 N–H and O–H groups in total. The molecule has 2 aromatic rings. The van der Waals surface area contributed by atoms with Gasteiger partial charge in [0.05, 0.1) is 6.26 Å². The van der Waals surface area contributed by atoms with Crippen LogP contribution in [-0.2, 0) is 0 Å². The first-order valence-electron chi connectivity index (χ1n) is 7.74. The minimum atomic E-state index is -0.0212. The first kappa shape index (κ1) is 14.7. The maximum Gasteiger partial charge on any atom is 0.289 e. The normalized spacial score (nSPS) is 15.4. The van der Waals surface area contributed by atoms with E-state index in [9.17, 15) is 4.79 Å². The van der Waals surface area contributed by atoms with Crippen molar-refractivity contribution in [2.24, 2.45) is 0 Å². The molecule has 1 aromatic heterocycles. The minimum Gasteiger partial charge on any atom is -0.459 e. The van der Waals surface area contributed by atoms with Crippen molar-refractivity contribution < 1.29 is 9.21 Å². The van der Waals surface area contributed by atoms with Gasteiger partial charge in [0.1, 0.15) is 0 Å². The number of piperazine rings is 1. The molecule has 4 nitrogen and oxygen atoms in total. The highest BCUT2D eigenvalue weighted by molar-refractivity contribution is 5.91. The van der Waals surface area contributed by atoms with E-state index in [1.54, 1.807) is 12.1 Å². The van der Waals surface area contributed by atoms with Gasteiger partial charge in [-0.25, -0.2) is 0 Å². The topological polar surface area (TPSA) is 36.7 Å². The van der Waals surface area contributed by atoms with Crippen molar-refractivity contribution in [1.29, 1.82) is 0 Å². The Balaban J connectivity index is 1.64. The molecule has 22 heavy (non-hydrogen) atoms. The lowest BCUT2D eigenvalue weighted by Crippen LogP contribution is -2.48. The lowest BCUT2D eigenvalue weighted by Gasteiger charge is -2.36. The maximum absolute atomic E-state index is 12.3. The van der Waals surface area contributed by atoms with E-state index < -0.39 is 0 Å². The van der Waals surface area contributed by atoms with Crippen LogP contribution in [0, 0.1) is 6.07 Å². The summed E-state index contributed by atoms with van der Waals surface area (Å²) >= 11 is 0.